The third-order valence-electron chi connectivity index (χ3n) is 2.97. The van der Waals surface area contributed by atoms with Crippen LogP contribution in [0.1, 0.15) is 26.2 Å². The Morgan fingerprint density at radius 1 is 1.50 bits per heavy atom. The average molecular weight is 199 g/mol. The Labute approximate surface area is 86.2 Å². The third-order valence-corrected chi connectivity index (χ3v) is 2.97. The zero-order chi connectivity index (χ0) is 10.4. The highest BCUT2D eigenvalue weighted by molar-refractivity contribution is 5.00. The minimum absolute atomic E-state index is 0.129. The molecule has 0 aromatic rings. The highest BCUT2D eigenvalue weighted by Gasteiger charge is 2.30. The van der Waals surface area contributed by atoms with Gasteiger partial charge in [0.25, 0.3) is 0 Å². The molecule has 2 N–H and O–H groups in total. The van der Waals surface area contributed by atoms with Crippen molar-refractivity contribution in [2.75, 3.05) is 26.4 Å². The first-order valence-electron chi connectivity index (χ1n) is 5.33. The van der Waals surface area contributed by atoms with Crippen LogP contribution in [0.3, 0.4) is 0 Å². The standard InChI is InChI=1S/C11H21NO2/c1-3-10(2)8-12-11(9-13)4-6-14-7-5-11/h12-13H,2-9H2,1H3. The van der Waals surface area contributed by atoms with Crippen LogP contribution in [0.5, 0.6) is 0 Å². The first-order valence-corrected chi connectivity index (χ1v) is 5.33. The molecule has 1 fully saturated rings. The minimum Gasteiger partial charge on any atom is -0.394 e. The van der Waals surface area contributed by atoms with Crippen LogP contribution in [0, 0.1) is 0 Å². The molecule has 0 unspecified atom stereocenters. The Bertz CT molecular complexity index is 186. The number of hydrogen-bond acceptors (Lipinski definition) is 3. The summed E-state index contributed by atoms with van der Waals surface area (Å²) in [4.78, 5) is 0. The molecule has 82 valence electrons. The first-order chi connectivity index (χ1) is 6.72. The zero-order valence-electron chi connectivity index (χ0n) is 9.01. The molecule has 3 heteroatoms. The van der Waals surface area contributed by atoms with Crippen molar-refractivity contribution in [2.24, 2.45) is 0 Å². The molecule has 0 aliphatic carbocycles. The predicted octanol–water partition coefficient (Wildman–Crippen LogP) is 1.08. The van der Waals surface area contributed by atoms with Crippen LogP contribution in [0.4, 0.5) is 0 Å². The van der Waals surface area contributed by atoms with Crippen molar-refractivity contribution in [1.82, 2.24) is 5.32 Å². The van der Waals surface area contributed by atoms with Gasteiger partial charge < -0.3 is 15.2 Å². The number of aliphatic hydroxyl groups excluding tert-OH is 1. The van der Waals surface area contributed by atoms with Gasteiger partial charge in [0.1, 0.15) is 0 Å². The van der Waals surface area contributed by atoms with Crippen molar-refractivity contribution in [3.05, 3.63) is 12.2 Å². The van der Waals surface area contributed by atoms with E-state index in [1.165, 1.54) is 5.57 Å². The molecule has 1 rings (SSSR count). The summed E-state index contributed by atoms with van der Waals surface area (Å²) in [6, 6.07) is 0. The molecule has 0 aromatic carbocycles. The van der Waals surface area contributed by atoms with E-state index in [0.717, 1.165) is 39.0 Å². The van der Waals surface area contributed by atoms with Gasteiger partial charge in [-0.25, -0.2) is 0 Å². The molecule has 0 saturated carbocycles. The molecule has 0 spiro atoms. The van der Waals surface area contributed by atoms with Gasteiger partial charge in [-0.1, -0.05) is 19.1 Å². The molecule has 1 saturated heterocycles. The Hall–Kier alpha value is -0.380. The summed E-state index contributed by atoms with van der Waals surface area (Å²) in [6.07, 6.45) is 2.77. The Morgan fingerprint density at radius 2 is 2.14 bits per heavy atom. The molecule has 0 amide bonds. The lowest BCUT2D eigenvalue weighted by Crippen LogP contribution is -2.52. The lowest BCUT2D eigenvalue weighted by molar-refractivity contribution is 0.0133. The topological polar surface area (TPSA) is 41.5 Å². The Kier molecular flexibility index (Phi) is 4.58. The number of rotatable bonds is 5. The number of aliphatic hydroxyl groups is 1. The van der Waals surface area contributed by atoms with E-state index in [0.29, 0.717) is 0 Å². The van der Waals surface area contributed by atoms with Crippen molar-refractivity contribution < 1.29 is 9.84 Å². The van der Waals surface area contributed by atoms with Crippen LogP contribution in [0.15, 0.2) is 12.2 Å². The van der Waals surface area contributed by atoms with Crippen molar-refractivity contribution in [3.8, 4) is 0 Å². The van der Waals surface area contributed by atoms with Gasteiger partial charge in [-0.2, -0.15) is 0 Å². The summed E-state index contributed by atoms with van der Waals surface area (Å²) < 4.78 is 5.29. The van der Waals surface area contributed by atoms with E-state index in [4.69, 9.17) is 4.74 Å². The van der Waals surface area contributed by atoms with Gasteiger partial charge in [0, 0.05) is 25.3 Å². The lowest BCUT2D eigenvalue weighted by atomic mass is 9.90. The summed E-state index contributed by atoms with van der Waals surface area (Å²) >= 11 is 0. The van der Waals surface area contributed by atoms with E-state index in [9.17, 15) is 5.11 Å². The van der Waals surface area contributed by atoms with Crippen molar-refractivity contribution in [1.29, 1.82) is 0 Å². The van der Waals surface area contributed by atoms with Gasteiger partial charge in [-0.05, 0) is 19.3 Å². The zero-order valence-corrected chi connectivity index (χ0v) is 9.01. The Morgan fingerprint density at radius 3 is 2.64 bits per heavy atom. The van der Waals surface area contributed by atoms with Gasteiger partial charge in [0.2, 0.25) is 0 Å². The highest BCUT2D eigenvalue weighted by Crippen LogP contribution is 2.20. The summed E-state index contributed by atoms with van der Waals surface area (Å²) in [7, 11) is 0. The molecule has 0 atom stereocenters. The van der Waals surface area contributed by atoms with E-state index in [2.05, 4.69) is 18.8 Å². The van der Waals surface area contributed by atoms with Gasteiger partial charge in [-0.15, -0.1) is 0 Å². The smallest absolute Gasteiger partial charge is 0.0615 e. The van der Waals surface area contributed by atoms with Gasteiger partial charge in [0.15, 0.2) is 0 Å². The van der Waals surface area contributed by atoms with Gasteiger partial charge in [0.05, 0.1) is 6.61 Å². The van der Waals surface area contributed by atoms with Crippen molar-refractivity contribution in [3.63, 3.8) is 0 Å². The van der Waals surface area contributed by atoms with Gasteiger partial charge >= 0.3 is 0 Å². The third kappa shape index (κ3) is 3.08. The van der Waals surface area contributed by atoms with Crippen LogP contribution in [0.25, 0.3) is 0 Å². The van der Waals surface area contributed by atoms with Gasteiger partial charge in [-0.3, -0.25) is 0 Å². The van der Waals surface area contributed by atoms with E-state index in [1.807, 2.05) is 0 Å². The predicted molar refractivity (Wildman–Crippen MR) is 57.3 cm³/mol. The van der Waals surface area contributed by atoms with Crippen LogP contribution < -0.4 is 5.32 Å². The quantitative estimate of drug-likeness (QED) is 0.651. The first kappa shape index (κ1) is 11.7. The average Bonchev–Trinajstić information content (AvgIpc) is 2.27. The summed E-state index contributed by atoms with van der Waals surface area (Å²) in [6.45, 7) is 8.52. The van der Waals surface area contributed by atoms with Crippen molar-refractivity contribution >= 4 is 0 Å². The molecule has 0 bridgehead atoms. The van der Waals surface area contributed by atoms with Crippen molar-refractivity contribution in [2.45, 2.75) is 31.7 Å². The number of ether oxygens (including phenoxy) is 1. The fraction of sp³-hybridized carbons (Fsp3) is 0.818. The molecule has 1 aliphatic heterocycles. The molecule has 1 aliphatic rings. The second-order valence-electron chi connectivity index (χ2n) is 4.01. The normalized spacial score (nSPS) is 20.7. The maximum absolute atomic E-state index is 9.38. The van der Waals surface area contributed by atoms with E-state index in [-0.39, 0.29) is 12.1 Å². The molecule has 1 heterocycles. The highest BCUT2D eigenvalue weighted by atomic mass is 16.5. The Balaban J connectivity index is 2.39. The summed E-state index contributed by atoms with van der Waals surface area (Å²) in [5, 5.41) is 12.8. The van der Waals surface area contributed by atoms with Crippen LogP contribution >= 0.6 is 0 Å². The van der Waals surface area contributed by atoms with E-state index in [1.54, 1.807) is 0 Å². The fourth-order valence-electron chi connectivity index (χ4n) is 1.59. The van der Waals surface area contributed by atoms with E-state index < -0.39 is 0 Å². The second-order valence-corrected chi connectivity index (χ2v) is 4.01. The molecule has 0 aromatic heterocycles. The molecule has 0 radical (unpaired) electrons. The number of nitrogens with one attached hydrogen (secondary N) is 1. The molecule has 14 heavy (non-hydrogen) atoms. The maximum Gasteiger partial charge on any atom is 0.0615 e. The lowest BCUT2D eigenvalue weighted by Gasteiger charge is -2.36. The number of hydrogen-bond donors (Lipinski definition) is 2. The second kappa shape index (κ2) is 5.49. The molecule has 3 nitrogen and oxygen atoms in total. The summed E-state index contributed by atoms with van der Waals surface area (Å²) in [5.74, 6) is 0. The minimum atomic E-state index is -0.129. The van der Waals surface area contributed by atoms with Crippen LogP contribution in [0.2, 0.25) is 0 Å². The monoisotopic (exact) mass is 199 g/mol. The van der Waals surface area contributed by atoms with Crippen LogP contribution in [-0.4, -0.2) is 37.0 Å². The molecular weight excluding hydrogens is 178 g/mol. The van der Waals surface area contributed by atoms with E-state index >= 15 is 0 Å². The largest absolute Gasteiger partial charge is 0.394 e. The SMILES string of the molecule is C=C(CC)CNC1(CO)CCOCC1. The maximum atomic E-state index is 9.38. The fourth-order valence-corrected chi connectivity index (χ4v) is 1.59. The molecular formula is C11H21NO2. The summed E-state index contributed by atoms with van der Waals surface area (Å²) in [5.41, 5.74) is 1.06. The van der Waals surface area contributed by atoms with Crippen LogP contribution in [-0.2, 0) is 4.74 Å².